The molecule has 3 aromatic rings. The van der Waals surface area contributed by atoms with Crippen LogP contribution in [0.25, 0.3) is 22.2 Å². The molecule has 0 aliphatic carbocycles. The number of nitrogens with two attached hydrogens (primary N) is 1. The van der Waals surface area contributed by atoms with Crippen LogP contribution in [0.3, 0.4) is 0 Å². The first-order valence-corrected chi connectivity index (χ1v) is 11.3. The molecule has 3 heterocycles. The molecule has 1 aliphatic heterocycles. The number of aromatic nitrogens is 3. The number of phenolic OH excluding ortho intramolecular Hbond substituents is 1. The summed E-state index contributed by atoms with van der Waals surface area (Å²) in [5.74, 6) is -1.73. The van der Waals surface area contributed by atoms with E-state index in [4.69, 9.17) is 15.2 Å². The van der Waals surface area contributed by atoms with Crippen molar-refractivity contribution in [2.24, 2.45) is 4.99 Å². The summed E-state index contributed by atoms with van der Waals surface area (Å²) in [6.07, 6.45) is 2.73. The number of hydrogen-bond acceptors (Lipinski definition) is 9. The highest BCUT2D eigenvalue weighted by atomic mass is 19.1. The highest BCUT2D eigenvalue weighted by Crippen LogP contribution is 2.42. The van der Waals surface area contributed by atoms with Crippen molar-refractivity contribution in [3.8, 4) is 28.9 Å². The topological polar surface area (TPSA) is 119 Å². The number of anilines is 2. The number of benzene rings is 1. The highest BCUT2D eigenvalue weighted by molar-refractivity contribution is 5.98. The van der Waals surface area contributed by atoms with Gasteiger partial charge in [-0.3, -0.25) is 4.99 Å². The summed E-state index contributed by atoms with van der Waals surface area (Å²) >= 11 is 0. The zero-order valence-electron chi connectivity index (χ0n) is 20.7. The summed E-state index contributed by atoms with van der Waals surface area (Å²) in [4.78, 5) is 19.1. The second kappa shape index (κ2) is 10.7. The van der Waals surface area contributed by atoms with Crippen LogP contribution in [0.2, 0.25) is 0 Å². The van der Waals surface area contributed by atoms with Crippen LogP contribution in [0.4, 0.5) is 20.3 Å². The van der Waals surface area contributed by atoms with Crippen LogP contribution < -0.4 is 20.1 Å². The number of ether oxygens (including phenoxy) is 2. The molecule has 3 N–H and O–H groups in total. The SMILES string of the molecule is CCC.CCOc1nc(-c2cc(N)c(F)c(C)c2O)c(F)c2nc(OC)nc(N3CC=NC3C)c12. The number of halogens is 2. The molecular formula is C24H30F2N6O3. The van der Waals surface area contributed by atoms with Crippen LogP contribution in [-0.4, -0.2) is 52.7 Å². The van der Waals surface area contributed by atoms with E-state index in [9.17, 15) is 9.50 Å². The Balaban J connectivity index is 0.00000108. The van der Waals surface area contributed by atoms with E-state index in [1.807, 2.05) is 11.8 Å². The van der Waals surface area contributed by atoms with E-state index in [0.717, 1.165) is 6.07 Å². The molecule has 0 saturated carbocycles. The lowest BCUT2D eigenvalue weighted by atomic mass is 10.0. The Morgan fingerprint density at radius 2 is 1.86 bits per heavy atom. The monoisotopic (exact) mass is 488 g/mol. The summed E-state index contributed by atoms with van der Waals surface area (Å²) in [6.45, 7) is 9.87. The zero-order chi connectivity index (χ0) is 25.9. The molecule has 0 saturated heterocycles. The van der Waals surface area contributed by atoms with Gasteiger partial charge in [0.1, 0.15) is 28.5 Å². The maximum absolute atomic E-state index is 15.8. The minimum Gasteiger partial charge on any atom is -0.507 e. The fourth-order valence-corrected chi connectivity index (χ4v) is 3.60. The average molecular weight is 489 g/mol. The molecule has 188 valence electrons. The van der Waals surface area contributed by atoms with Crippen LogP contribution in [-0.2, 0) is 0 Å². The van der Waals surface area contributed by atoms with Crippen molar-refractivity contribution >= 4 is 28.6 Å². The molecule has 0 fully saturated rings. The predicted octanol–water partition coefficient (Wildman–Crippen LogP) is 4.63. The van der Waals surface area contributed by atoms with Gasteiger partial charge in [-0.25, -0.2) is 13.8 Å². The van der Waals surface area contributed by atoms with Crippen molar-refractivity contribution in [2.75, 3.05) is 30.9 Å². The van der Waals surface area contributed by atoms with E-state index in [0.29, 0.717) is 12.4 Å². The second-order valence-corrected chi connectivity index (χ2v) is 7.89. The third-order valence-corrected chi connectivity index (χ3v) is 5.25. The largest absolute Gasteiger partial charge is 0.507 e. The second-order valence-electron chi connectivity index (χ2n) is 7.89. The van der Waals surface area contributed by atoms with Gasteiger partial charge in [0, 0.05) is 17.3 Å². The van der Waals surface area contributed by atoms with E-state index in [1.54, 1.807) is 13.1 Å². The molecule has 0 bridgehead atoms. The van der Waals surface area contributed by atoms with Crippen molar-refractivity contribution in [2.45, 2.75) is 47.2 Å². The first kappa shape index (κ1) is 25.9. The lowest BCUT2D eigenvalue weighted by Gasteiger charge is -2.24. The molecule has 1 aromatic carbocycles. The zero-order valence-corrected chi connectivity index (χ0v) is 20.7. The highest BCUT2D eigenvalue weighted by Gasteiger charge is 2.29. The van der Waals surface area contributed by atoms with Gasteiger partial charge >= 0.3 is 6.01 Å². The number of rotatable bonds is 5. The number of hydrogen-bond donors (Lipinski definition) is 2. The summed E-state index contributed by atoms with van der Waals surface area (Å²) in [7, 11) is 1.37. The van der Waals surface area contributed by atoms with Gasteiger partial charge in [-0.05, 0) is 26.8 Å². The third-order valence-electron chi connectivity index (χ3n) is 5.25. The molecule has 0 radical (unpaired) electrons. The van der Waals surface area contributed by atoms with Crippen molar-refractivity contribution in [1.82, 2.24) is 15.0 Å². The third kappa shape index (κ3) is 4.75. The standard InChI is InChI=1S/C21H22F2N6O3.C3H8/c1-5-32-20-13-17(27-21(31-4)28-19(13)29-7-6-25-10(29)3)15(23)16(26-20)11-8-12(24)14(22)9(2)18(11)30;1-3-2/h6,8,10,30H,5,7,24H2,1-4H3;3H2,1-2H3. The normalized spacial score (nSPS) is 14.7. The quantitative estimate of drug-likeness (QED) is 0.394. The Morgan fingerprint density at radius 3 is 2.43 bits per heavy atom. The molecule has 11 heteroatoms. The van der Waals surface area contributed by atoms with Gasteiger partial charge in [0.05, 0.1) is 25.9 Å². The molecular weight excluding hydrogens is 458 g/mol. The maximum Gasteiger partial charge on any atom is 0.318 e. The van der Waals surface area contributed by atoms with Crippen molar-refractivity contribution in [3.05, 3.63) is 23.3 Å². The molecule has 1 unspecified atom stereocenters. The van der Waals surface area contributed by atoms with Crippen molar-refractivity contribution < 1.29 is 23.4 Å². The predicted molar refractivity (Wildman–Crippen MR) is 132 cm³/mol. The molecule has 0 amide bonds. The Bertz CT molecular complexity index is 1270. The van der Waals surface area contributed by atoms with Crippen molar-refractivity contribution in [3.63, 3.8) is 0 Å². The van der Waals surface area contributed by atoms with E-state index in [-0.39, 0.29) is 58.1 Å². The Morgan fingerprint density at radius 1 is 1.17 bits per heavy atom. The molecule has 4 rings (SSSR count). The van der Waals surface area contributed by atoms with Gasteiger partial charge in [-0.2, -0.15) is 9.97 Å². The number of pyridine rings is 1. The Labute approximate surface area is 202 Å². The summed E-state index contributed by atoms with van der Waals surface area (Å²) in [5, 5.41) is 10.7. The van der Waals surface area contributed by atoms with Crippen LogP contribution in [0.5, 0.6) is 17.6 Å². The van der Waals surface area contributed by atoms with E-state index >= 15 is 4.39 Å². The van der Waals surface area contributed by atoms with Crippen molar-refractivity contribution in [1.29, 1.82) is 0 Å². The van der Waals surface area contributed by atoms with Gasteiger partial charge in [0.2, 0.25) is 5.88 Å². The lowest BCUT2D eigenvalue weighted by Crippen LogP contribution is -2.29. The summed E-state index contributed by atoms with van der Waals surface area (Å²) in [6, 6.07) is 1.06. The molecule has 35 heavy (non-hydrogen) atoms. The number of aromatic hydroxyl groups is 1. The van der Waals surface area contributed by atoms with Crippen LogP contribution in [0.1, 0.15) is 39.7 Å². The number of nitrogens with zero attached hydrogens (tertiary/aromatic N) is 5. The number of fused-ring (bicyclic) bond motifs is 1. The smallest absolute Gasteiger partial charge is 0.318 e. The molecule has 1 aliphatic rings. The minimum absolute atomic E-state index is 0.0515. The number of nitrogen functional groups attached to an aromatic ring is 1. The summed E-state index contributed by atoms with van der Waals surface area (Å²) in [5.41, 5.74) is 4.85. The first-order chi connectivity index (χ1) is 16.7. The van der Waals surface area contributed by atoms with Gasteiger partial charge in [0.15, 0.2) is 17.5 Å². The molecule has 0 spiro atoms. The number of phenols is 1. The average Bonchev–Trinajstić information content (AvgIpc) is 3.27. The Hall–Kier alpha value is -3.76. The van der Waals surface area contributed by atoms with Crippen LogP contribution in [0.15, 0.2) is 11.1 Å². The van der Waals surface area contributed by atoms with E-state index in [1.165, 1.54) is 20.5 Å². The fraction of sp³-hybridized carbons (Fsp3) is 0.417. The van der Waals surface area contributed by atoms with E-state index in [2.05, 4.69) is 33.8 Å². The Kier molecular flexibility index (Phi) is 7.88. The fourth-order valence-electron chi connectivity index (χ4n) is 3.60. The van der Waals surface area contributed by atoms with Crippen LogP contribution in [0, 0.1) is 18.6 Å². The number of aliphatic imine (C=N–C) groups is 1. The van der Waals surface area contributed by atoms with E-state index < -0.39 is 17.4 Å². The van der Waals surface area contributed by atoms with Crippen LogP contribution >= 0.6 is 0 Å². The van der Waals surface area contributed by atoms with Gasteiger partial charge in [-0.15, -0.1) is 0 Å². The molecule has 1 atom stereocenters. The maximum atomic E-state index is 15.8. The molecule has 2 aromatic heterocycles. The lowest BCUT2D eigenvalue weighted by molar-refractivity contribution is 0.330. The van der Waals surface area contributed by atoms with Gasteiger partial charge < -0.3 is 25.2 Å². The first-order valence-electron chi connectivity index (χ1n) is 11.3. The number of methoxy groups -OCH3 is 1. The van der Waals surface area contributed by atoms with Gasteiger partial charge in [-0.1, -0.05) is 20.3 Å². The minimum atomic E-state index is -0.862. The van der Waals surface area contributed by atoms with Gasteiger partial charge in [0.25, 0.3) is 0 Å². The summed E-state index contributed by atoms with van der Waals surface area (Å²) < 4.78 is 40.9. The molecule has 9 nitrogen and oxygen atoms in total.